The van der Waals surface area contributed by atoms with E-state index in [1.165, 1.54) is 4.90 Å². The second-order valence-electron chi connectivity index (χ2n) is 8.47. The Morgan fingerprint density at radius 1 is 1.31 bits per heavy atom. The van der Waals surface area contributed by atoms with Gasteiger partial charge in [-0.25, -0.2) is 17.9 Å². The van der Waals surface area contributed by atoms with E-state index in [1.54, 1.807) is 18.2 Å². The molecule has 176 valence electrons. The third kappa shape index (κ3) is 6.50. The summed E-state index contributed by atoms with van der Waals surface area (Å²) in [6, 6.07) is 7.17. The van der Waals surface area contributed by atoms with Crippen LogP contribution in [0, 0.1) is 5.92 Å². The van der Waals surface area contributed by atoms with Crippen LogP contribution in [0.4, 0.5) is 10.5 Å². The summed E-state index contributed by atoms with van der Waals surface area (Å²) >= 11 is 0. The van der Waals surface area contributed by atoms with E-state index in [0.717, 1.165) is 32.2 Å². The number of para-hydroxylation sites is 1. The van der Waals surface area contributed by atoms with Gasteiger partial charge in [0.1, 0.15) is 0 Å². The van der Waals surface area contributed by atoms with Crippen LogP contribution >= 0.6 is 0 Å². The minimum Gasteiger partial charge on any atom is -0.465 e. The highest BCUT2D eigenvalue weighted by molar-refractivity contribution is 7.88. The SMILES string of the molecule is CC(C)c1noc(-c2ccccc2N(CC2CCN(CCNS(C)(=O)=O)CC2)C(=O)O)n1. The molecular formula is C21H31N5O5S. The van der Waals surface area contributed by atoms with Gasteiger partial charge in [0, 0.05) is 25.6 Å². The van der Waals surface area contributed by atoms with E-state index in [-0.39, 0.29) is 11.8 Å². The highest BCUT2D eigenvalue weighted by atomic mass is 32.2. The van der Waals surface area contributed by atoms with Crippen molar-refractivity contribution in [2.75, 3.05) is 43.9 Å². The minimum atomic E-state index is -3.19. The number of benzene rings is 1. The number of aromatic nitrogens is 2. The maximum Gasteiger partial charge on any atom is 0.411 e. The molecule has 32 heavy (non-hydrogen) atoms. The van der Waals surface area contributed by atoms with Crippen molar-refractivity contribution < 1.29 is 22.8 Å². The van der Waals surface area contributed by atoms with E-state index >= 15 is 0 Å². The standard InChI is InChI=1S/C21H31N5O5S/c1-15(2)19-23-20(31-24-19)17-6-4-5-7-18(17)26(21(27)28)14-16-8-11-25(12-9-16)13-10-22-32(3,29)30/h4-7,15-16,22H,8-14H2,1-3H3,(H,27,28). The minimum absolute atomic E-state index is 0.105. The Kier molecular flexibility index (Phi) is 7.86. The van der Waals surface area contributed by atoms with Gasteiger partial charge in [-0.15, -0.1) is 0 Å². The molecule has 0 saturated carbocycles. The number of anilines is 1. The number of hydrogen-bond donors (Lipinski definition) is 2. The van der Waals surface area contributed by atoms with Gasteiger partial charge in [-0.3, -0.25) is 4.90 Å². The summed E-state index contributed by atoms with van der Waals surface area (Å²) in [7, 11) is -3.19. The van der Waals surface area contributed by atoms with E-state index in [9.17, 15) is 18.3 Å². The molecule has 2 aromatic rings. The Balaban J connectivity index is 1.67. The number of rotatable bonds is 9. The van der Waals surface area contributed by atoms with Gasteiger partial charge in [0.2, 0.25) is 10.0 Å². The average molecular weight is 466 g/mol. The fraction of sp³-hybridized carbons (Fsp3) is 0.571. The van der Waals surface area contributed by atoms with Gasteiger partial charge in [-0.1, -0.05) is 31.1 Å². The van der Waals surface area contributed by atoms with Gasteiger partial charge >= 0.3 is 6.09 Å². The van der Waals surface area contributed by atoms with Crippen molar-refractivity contribution in [1.29, 1.82) is 0 Å². The van der Waals surface area contributed by atoms with Gasteiger partial charge in [-0.05, 0) is 44.0 Å². The molecule has 1 amide bonds. The summed E-state index contributed by atoms with van der Waals surface area (Å²) in [4.78, 5) is 20.1. The normalized spacial score (nSPS) is 15.9. The van der Waals surface area contributed by atoms with Crippen LogP contribution in [-0.2, 0) is 10.0 Å². The number of amides is 1. The molecule has 1 aliphatic heterocycles. The van der Waals surface area contributed by atoms with Gasteiger partial charge in [0.25, 0.3) is 5.89 Å². The number of nitrogens with one attached hydrogen (secondary N) is 1. The van der Waals surface area contributed by atoms with Gasteiger partial charge in [0.15, 0.2) is 5.82 Å². The lowest BCUT2D eigenvalue weighted by molar-refractivity contribution is 0.180. The van der Waals surface area contributed by atoms with Gasteiger partial charge < -0.3 is 14.5 Å². The lowest BCUT2D eigenvalue weighted by atomic mass is 9.95. The van der Waals surface area contributed by atoms with Crippen molar-refractivity contribution in [3.8, 4) is 11.5 Å². The Labute approximate surface area is 188 Å². The van der Waals surface area contributed by atoms with Gasteiger partial charge in [-0.2, -0.15) is 4.98 Å². The maximum absolute atomic E-state index is 12.2. The molecule has 11 heteroatoms. The van der Waals surface area contributed by atoms with Crippen LogP contribution in [0.1, 0.15) is 38.4 Å². The van der Waals surface area contributed by atoms with Crippen molar-refractivity contribution in [2.24, 2.45) is 5.92 Å². The first-order chi connectivity index (χ1) is 15.1. The molecule has 0 spiro atoms. The third-order valence-electron chi connectivity index (χ3n) is 5.55. The van der Waals surface area contributed by atoms with Crippen LogP contribution in [0.2, 0.25) is 0 Å². The predicted octanol–water partition coefficient (Wildman–Crippen LogP) is 2.61. The van der Waals surface area contributed by atoms with Crippen LogP contribution in [0.15, 0.2) is 28.8 Å². The monoisotopic (exact) mass is 465 g/mol. The third-order valence-corrected chi connectivity index (χ3v) is 6.28. The molecule has 1 aliphatic rings. The number of likely N-dealkylation sites (tertiary alicyclic amines) is 1. The molecule has 0 atom stereocenters. The van der Waals surface area contributed by atoms with Crippen molar-refractivity contribution in [1.82, 2.24) is 19.8 Å². The first-order valence-corrected chi connectivity index (χ1v) is 12.6. The Hall–Kier alpha value is -2.50. The van der Waals surface area contributed by atoms with E-state index in [2.05, 4.69) is 19.8 Å². The second kappa shape index (κ2) is 10.4. The molecule has 2 heterocycles. The average Bonchev–Trinajstić information content (AvgIpc) is 3.22. The highest BCUT2D eigenvalue weighted by Crippen LogP contribution is 2.32. The molecule has 3 rings (SSSR count). The van der Waals surface area contributed by atoms with Crippen LogP contribution in [-0.4, -0.2) is 73.6 Å². The first-order valence-electron chi connectivity index (χ1n) is 10.7. The van der Waals surface area contributed by atoms with E-state index in [4.69, 9.17) is 4.52 Å². The second-order valence-corrected chi connectivity index (χ2v) is 10.3. The number of carbonyl (C=O) groups is 1. The van der Waals surface area contributed by atoms with Crippen LogP contribution in [0.5, 0.6) is 0 Å². The fourth-order valence-electron chi connectivity index (χ4n) is 3.79. The van der Waals surface area contributed by atoms with Crippen LogP contribution < -0.4 is 9.62 Å². The predicted molar refractivity (Wildman–Crippen MR) is 121 cm³/mol. The molecular weight excluding hydrogens is 434 g/mol. The summed E-state index contributed by atoms with van der Waals surface area (Å²) < 4.78 is 30.3. The van der Waals surface area contributed by atoms with Crippen molar-refractivity contribution in [2.45, 2.75) is 32.6 Å². The first kappa shape index (κ1) is 24.1. The topological polar surface area (TPSA) is 129 Å². The van der Waals surface area contributed by atoms with Crippen molar-refractivity contribution in [3.05, 3.63) is 30.1 Å². The number of hydrogen-bond acceptors (Lipinski definition) is 7. The fourth-order valence-corrected chi connectivity index (χ4v) is 4.25. The summed E-state index contributed by atoms with van der Waals surface area (Å²) in [6.07, 6.45) is 1.79. The van der Waals surface area contributed by atoms with Crippen molar-refractivity contribution >= 4 is 21.8 Å². The molecule has 2 N–H and O–H groups in total. The number of carboxylic acid groups (broad SMARTS) is 1. The quantitative estimate of drug-likeness (QED) is 0.578. The Morgan fingerprint density at radius 2 is 2.00 bits per heavy atom. The summed E-state index contributed by atoms with van der Waals surface area (Å²) in [5.41, 5.74) is 1.12. The summed E-state index contributed by atoms with van der Waals surface area (Å²) in [5, 5.41) is 14.0. The number of piperidine rings is 1. The van der Waals surface area contributed by atoms with Crippen molar-refractivity contribution in [3.63, 3.8) is 0 Å². The van der Waals surface area contributed by atoms with Crippen LogP contribution in [0.3, 0.4) is 0 Å². The lowest BCUT2D eigenvalue weighted by Gasteiger charge is -2.34. The number of sulfonamides is 1. The molecule has 1 saturated heterocycles. The summed E-state index contributed by atoms with van der Waals surface area (Å²) in [6.45, 7) is 6.91. The summed E-state index contributed by atoms with van der Waals surface area (Å²) in [5.74, 6) is 1.19. The van der Waals surface area contributed by atoms with E-state index < -0.39 is 16.1 Å². The van der Waals surface area contributed by atoms with Gasteiger partial charge in [0.05, 0.1) is 17.5 Å². The molecule has 1 aromatic heterocycles. The van der Waals surface area contributed by atoms with E-state index in [1.807, 2.05) is 19.9 Å². The Morgan fingerprint density at radius 3 is 2.59 bits per heavy atom. The molecule has 0 bridgehead atoms. The Bertz CT molecular complexity index is 1020. The maximum atomic E-state index is 12.2. The molecule has 1 fully saturated rings. The smallest absolute Gasteiger partial charge is 0.411 e. The molecule has 0 unspecified atom stereocenters. The molecule has 0 aliphatic carbocycles. The zero-order chi connectivity index (χ0) is 23.3. The molecule has 10 nitrogen and oxygen atoms in total. The molecule has 0 radical (unpaired) electrons. The van der Waals surface area contributed by atoms with Crippen LogP contribution in [0.25, 0.3) is 11.5 Å². The lowest BCUT2D eigenvalue weighted by Crippen LogP contribution is -2.43. The zero-order valence-corrected chi connectivity index (χ0v) is 19.5. The number of nitrogens with zero attached hydrogens (tertiary/aromatic N) is 4. The zero-order valence-electron chi connectivity index (χ0n) is 18.7. The largest absolute Gasteiger partial charge is 0.465 e. The molecule has 1 aromatic carbocycles. The van der Waals surface area contributed by atoms with E-state index in [0.29, 0.717) is 42.6 Å². The highest BCUT2D eigenvalue weighted by Gasteiger charge is 2.27.